The summed E-state index contributed by atoms with van der Waals surface area (Å²) in [5.74, 6) is 1.34. The number of rotatable bonds is 5. The van der Waals surface area contributed by atoms with Crippen LogP contribution in [-0.2, 0) is 0 Å². The maximum absolute atomic E-state index is 6.23. The van der Waals surface area contributed by atoms with Gasteiger partial charge in [0, 0.05) is 18.6 Å². The Morgan fingerprint density at radius 3 is 2.79 bits per heavy atom. The molecule has 106 valence electrons. The molecule has 2 unspecified atom stereocenters. The Labute approximate surface area is 119 Å². The monoisotopic (exact) mass is 284 g/mol. The van der Waals surface area contributed by atoms with Gasteiger partial charge >= 0.3 is 0 Å². The van der Waals surface area contributed by atoms with Crippen LogP contribution >= 0.6 is 11.6 Å². The molecule has 1 aliphatic heterocycles. The van der Waals surface area contributed by atoms with Crippen LogP contribution in [0, 0.1) is 0 Å². The van der Waals surface area contributed by atoms with Crippen molar-refractivity contribution in [2.45, 2.75) is 32.4 Å². The third kappa shape index (κ3) is 2.81. The lowest BCUT2D eigenvalue weighted by Gasteiger charge is -2.32. The predicted octanol–water partition coefficient (Wildman–Crippen LogP) is 2.80. The molecule has 2 N–H and O–H groups in total. The van der Waals surface area contributed by atoms with Crippen LogP contribution in [0.25, 0.3) is 0 Å². The quantitative estimate of drug-likeness (QED) is 0.903. The fourth-order valence-corrected chi connectivity index (χ4v) is 2.59. The molecular weight excluding hydrogens is 264 g/mol. The van der Waals surface area contributed by atoms with E-state index < -0.39 is 0 Å². The van der Waals surface area contributed by atoms with Crippen molar-refractivity contribution in [2.75, 3.05) is 20.4 Å². The first-order chi connectivity index (χ1) is 9.08. The molecule has 5 heteroatoms. The molecule has 1 heterocycles. The summed E-state index contributed by atoms with van der Waals surface area (Å²) in [4.78, 5) is 2.27. The Morgan fingerprint density at radius 2 is 2.16 bits per heavy atom. The van der Waals surface area contributed by atoms with Gasteiger partial charge in [0.2, 0.25) is 6.79 Å². The van der Waals surface area contributed by atoms with Gasteiger partial charge in [-0.2, -0.15) is 0 Å². The first kappa shape index (κ1) is 14.4. The van der Waals surface area contributed by atoms with Crippen LogP contribution in [0.1, 0.15) is 31.9 Å². The van der Waals surface area contributed by atoms with Crippen molar-refractivity contribution >= 4 is 11.6 Å². The Balaban J connectivity index is 2.31. The zero-order chi connectivity index (χ0) is 14.0. The molecule has 0 bridgehead atoms. The van der Waals surface area contributed by atoms with Gasteiger partial charge in [-0.15, -0.1) is 0 Å². The maximum Gasteiger partial charge on any atom is 0.231 e. The van der Waals surface area contributed by atoms with E-state index in [0.29, 0.717) is 29.1 Å². The largest absolute Gasteiger partial charge is 0.454 e. The van der Waals surface area contributed by atoms with Crippen molar-refractivity contribution in [1.29, 1.82) is 0 Å². The molecule has 0 amide bonds. The number of nitrogens with zero attached hydrogens (tertiary/aromatic N) is 1. The van der Waals surface area contributed by atoms with Crippen LogP contribution in [0.4, 0.5) is 0 Å². The van der Waals surface area contributed by atoms with Gasteiger partial charge in [-0.3, -0.25) is 4.90 Å². The number of nitrogens with two attached hydrogens (primary N) is 1. The van der Waals surface area contributed by atoms with Crippen LogP contribution < -0.4 is 15.2 Å². The second-order valence-corrected chi connectivity index (χ2v) is 5.32. The first-order valence-electron chi connectivity index (χ1n) is 6.59. The zero-order valence-corrected chi connectivity index (χ0v) is 12.4. The lowest BCUT2D eigenvalue weighted by atomic mass is 10.0. The second kappa shape index (κ2) is 5.99. The standard InChI is InChI=1S/C14H21ClN2O2/c1-4-9(2)17(3)12(7-16)10-5-11(15)14-13(6-10)18-8-19-14/h5-6,9,12H,4,7-8,16H2,1-3H3. The van der Waals surface area contributed by atoms with E-state index in [2.05, 4.69) is 25.8 Å². The lowest BCUT2D eigenvalue weighted by molar-refractivity contribution is 0.173. The van der Waals surface area contributed by atoms with E-state index in [0.717, 1.165) is 12.0 Å². The fourth-order valence-electron chi connectivity index (χ4n) is 2.31. The smallest absolute Gasteiger partial charge is 0.231 e. The molecule has 0 aromatic heterocycles. The molecule has 1 aromatic carbocycles. The summed E-state index contributed by atoms with van der Waals surface area (Å²) in [6, 6.07) is 4.48. The van der Waals surface area contributed by atoms with Gasteiger partial charge in [-0.25, -0.2) is 0 Å². The van der Waals surface area contributed by atoms with E-state index >= 15 is 0 Å². The highest BCUT2D eigenvalue weighted by atomic mass is 35.5. The average molecular weight is 285 g/mol. The van der Waals surface area contributed by atoms with Crippen molar-refractivity contribution < 1.29 is 9.47 Å². The maximum atomic E-state index is 6.23. The fraction of sp³-hybridized carbons (Fsp3) is 0.571. The van der Waals surface area contributed by atoms with E-state index in [1.807, 2.05) is 12.1 Å². The van der Waals surface area contributed by atoms with Gasteiger partial charge in [0.15, 0.2) is 11.5 Å². The number of benzene rings is 1. The Bertz CT molecular complexity index is 453. The zero-order valence-electron chi connectivity index (χ0n) is 11.6. The molecule has 2 rings (SSSR count). The van der Waals surface area contributed by atoms with Gasteiger partial charge in [-0.05, 0) is 38.1 Å². The van der Waals surface area contributed by atoms with Gasteiger partial charge < -0.3 is 15.2 Å². The van der Waals surface area contributed by atoms with E-state index in [-0.39, 0.29) is 12.8 Å². The highest BCUT2D eigenvalue weighted by Crippen LogP contribution is 2.41. The summed E-state index contributed by atoms with van der Waals surface area (Å²) in [5, 5.41) is 0.584. The topological polar surface area (TPSA) is 47.7 Å². The lowest BCUT2D eigenvalue weighted by Crippen LogP contribution is -2.36. The van der Waals surface area contributed by atoms with Crippen molar-refractivity contribution in [3.63, 3.8) is 0 Å². The molecule has 0 saturated carbocycles. The van der Waals surface area contributed by atoms with Crippen molar-refractivity contribution in [3.05, 3.63) is 22.7 Å². The van der Waals surface area contributed by atoms with Gasteiger partial charge in [0.25, 0.3) is 0 Å². The summed E-state index contributed by atoms with van der Waals surface area (Å²) in [5.41, 5.74) is 7.01. The summed E-state index contributed by atoms with van der Waals surface area (Å²) in [6.07, 6.45) is 1.07. The summed E-state index contributed by atoms with van der Waals surface area (Å²) < 4.78 is 10.7. The minimum atomic E-state index is 0.127. The second-order valence-electron chi connectivity index (χ2n) is 4.91. The van der Waals surface area contributed by atoms with Crippen molar-refractivity contribution in [2.24, 2.45) is 5.73 Å². The van der Waals surface area contributed by atoms with Gasteiger partial charge in [-0.1, -0.05) is 18.5 Å². The minimum absolute atomic E-state index is 0.127. The Hall–Kier alpha value is -0.970. The van der Waals surface area contributed by atoms with Gasteiger partial charge in [0.05, 0.1) is 5.02 Å². The number of hydrogen-bond donors (Lipinski definition) is 1. The third-order valence-electron chi connectivity index (χ3n) is 3.84. The molecular formula is C14H21ClN2O2. The van der Waals surface area contributed by atoms with Crippen LogP contribution in [0.15, 0.2) is 12.1 Å². The summed E-state index contributed by atoms with van der Waals surface area (Å²) >= 11 is 6.23. The molecule has 1 aliphatic rings. The number of halogens is 1. The van der Waals surface area contributed by atoms with Gasteiger partial charge in [0.1, 0.15) is 0 Å². The molecule has 0 radical (unpaired) electrons. The van der Waals surface area contributed by atoms with Crippen LogP contribution in [0.2, 0.25) is 5.02 Å². The Kier molecular flexibility index (Phi) is 4.55. The average Bonchev–Trinajstić information content (AvgIpc) is 2.87. The highest BCUT2D eigenvalue weighted by Gasteiger charge is 2.24. The van der Waals surface area contributed by atoms with Crippen LogP contribution in [-0.4, -0.2) is 31.3 Å². The normalized spacial score (nSPS) is 16.7. The predicted molar refractivity (Wildman–Crippen MR) is 76.9 cm³/mol. The van der Waals surface area contributed by atoms with E-state index in [1.165, 1.54) is 0 Å². The molecule has 0 aliphatic carbocycles. The molecule has 0 spiro atoms. The summed E-state index contributed by atoms with van der Waals surface area (Å²) in [6.45, 7) is 5.13. The van der Waals surface area contributed by atoms with E-state index in [1.54, 1.807) is 0 Å². The number of fused-ring (bicyclic) bond motifs is 1. The molecule has 0 saturated heterocycles. The summed E-state index contributed by atoms with van der Waals surface area (Å²) in [7, 11) is 2.09. The van der Waals surface area contributed by atoms with Crippen molar-refractivity contribution in [1.82, 2.24) is 4.90 Å². The van der Waals surface area contributed by atoms with Crippen molar-refractivity contribution in [3.8, 4) is 11.5 Å². The van der Waals surface area contributed by atoms with E-state index in [9.17, 15) is 0 Å². The number of ether oxygens (including phenoxy) is 2. The highest BCUT2D eigenvalue weighted by molar-refractivity contribution is 6.32. The molecule has 19 heavy (non-hydrogen) atoms. The minimum Gasteiger partial charge on any atom is -0.454 e. The number of hydrogen-bond acceptors (Lipinski definition) is 4. The molecule has 2 atom stereocenters. The van der Waals surface area contributed by atoms with Crippen LogP contribution in [0.3, 0.4) is 0 Å². The first-order valence-corrected chi connectivity index (χ1v) is 6.97. The molecule has 4 nitrogen and oxygen atoms in total. The van der Waals surface area contributed by atoms with Crippen LogP contribution in [0.5, 0.6) is 11.5 Å². The SMILES string of the molecule is CCC(C)N(C)C(CN)c1cc(Cl)c2c(c1)OCO2. The molecule has 0 fully saturated rings. The number of likely N-dealkylation sites (N-methyl/N-ethyl adjacent to an activating group) is 1. The third-order valence-corrected chi connectivity index (χ3v) is 4.12. The Morgan fingerprint density at radius 1 is 1.42 bits per heavy atom. The van der Waals surface area contributed by atoms with E-state index in [4.69, 9.17) is 26.8 Å². The molecule has 1 aromatic rings.